The van der Waals surface area contributed by atoms with E-state index in [2.05, 4.69) is 20.9 Å². The van der Waals surface area contributed by atoms with Crippen molar-refractivity contribution in [2.75, 3.05) is 0 Å². The Labute approximate surface area is 167 Å². The van der Waals surface area contributed by atoms with E-state index in [4.69, 9.17) is 9.15 Å². The summed E-state index contributed by atoms with van der Waals surface area (Å²) in [5.41, 5.74) is 1.50. The van der Waals surface area contributed by atoms with Gasteiger partial charge in [0.05, 0.1) is 4.92 Å². The highest BCUT2D eigenvalue weighted by Crippen LogP contribution is 2.27. The van der Waals surface area contributed by atoms with Gasteiger partial charge >= 0.3 is 5.97 Å². The van der Waals surface area contributed by atoms with Crippen molar-refractivity contribution in [1.29, 1.82) is 0 Å². The van der Waals surface area contributed by atoms with E-state index in [0.717, 1.165) is 4.47 Å². The lowest BCUT2D eigenvalue weighted by atomic mass is 10.1. The number of carbonyl (C=O) groups excluding carboxylic acids is 1. The number of halogens is 1. The lowest BCUT2D eigenvalue weighted by molar-refractivity contribution is -0.384. The second kappa shape index (κ2) is 7.24. The number of benzene rings is 2. The Morgan fingerprint density at radius 2 is 1.64 bits per heavy atom. The molecule has 1 aliphatic rings. The molecule has 138 valence electrons. The largest absolute Gasteiger partial charge is 0.457 e. The third kappa shape index (κ3) is 3.63. The zero-order valence-corrected chi connectivity index (χ0v) is 15.8. The van der Waals surface area contributed by atoms with Crippen LogP contribution < -0.4 is 0 Å². The number of hydrogen-bond acceptors (Lipinski definition) is 6. The van der Waals surface area contributed by atoms with Crippen molar-refractivity contribution in [3.8, 4) is 11.3 Å². The Balaban J connectivity index is 1.58. The van der Waals surface area contributed by atoms with Gasteiger partial charge in [-0.05, 0) is 48.5 Å². The fourth-order valence-electron chi connectivity index (χ4n) is 2.59. The maximum atomic E-state index is 12.1. The Morgan fingerprint density at radius 3 is 2.32 bits per heavy atom. The van der Waals surface area contributed by atoms with E-state index in [0.29, 0.717) is 22.6 Å². The van der Waals surface area contributed by atoms with Crippen LogP contribution in [0.15, 0.2) is 80.2 Å². The molecule has 7 nitrogen and oxygen atoms in total. The maximum absolute atomic E-state index is 12.1. The Bertz CT molecular complexity index is 1130. The van der Waals surface area contributed by atoms with Crippen molar-refractivity contribution in [2.45, 2.75) is 0 Å². The van der Waals surface area contributed by atoms with Gasteiger partial charge in [0.1, 0.15) is 11.5 Å². The number of nitrogens with zero attached hydrogens (tertiary/aromatic N) is 2. The molecule has 28 heavy (non-hydrogen) atoms. The summed E-state index contributed by atoms with van der Waals surface area (Å²) in [5.74, 6) is 0.600. The molecule has 0 aliphatic carbocycles. The first-order valence-corrected chi connectivity index (χ1v) is 8.92. The van der Waals surface area contributed by atoms with Gasteiger partial charge in [-0.2, -0.15) is 0 Å². The number of rotatable bonds is 4. The third-order valence-electron chi connectivity index (χ3n) is 3.98. The van der Waals surface area contributed by atoms with E-state index in [9.17, 15) is 14.9 Å². The molecule has 0 radical (unpaired) electrons. The summed E-state index contributed by atoms with van der Waals surface area (Å²) in [6.07, 6.45) is 1.49. The lowest BCUT2D eigenvalue weighted by Gasteiger charge is -1.98. The van der Waals surface area contributed by atoms with Crippen LogP contribution in [0.3, 0.4) is 0 Å². The molecule has 4 rings (SSSR count). The molecular weight excluding hydrogens is 428 g/mol. The average molecular weight is 439 g/mol. The molecular formula is C20H11BrN2O5. The van der Waals surface area contributed by atoms with Crippen LogP contribution >= 0.6 is 15.9 Å². The van der Waals surface area contributed by atoms with Crippen LogP contribution in [-0.4, -0.2) is 16.8 Å². The van der Waals surface area contributed by atoms with Crippen LogP contribution in [0, 0.1) is 10.1 Å². The Kier molecular flexibility index (Phi) is 4.62. The number of ether oxygens (including phenoxy) is 1. The van der Waals surface area contributed by atoms with Crippen LogP contribution in [0.5, 0.6) is 0 Å². The maximum Gasteiger partial charge on any atom is 0.363 e. The van der Waals surface area contributed by atoms with Gasteiger partial charge in [0.2, 0.25) is 5.90 Å². The summed E-state index contributed by atoms with van der Waals surface area (Å²) in [4.78, 5) is 26.6. The minimum absolute atomic E-state index is 0.00107. The molecule has 1 aromatic heterocycles. The molecule has 3 aromatic rings. The predicted molar refractivity (Wildman–Crippen MR) is 106 cm³/mol. The summed E-state index contributed by atoms with van der Waals surface area (Å²) in [6, 6.07) is 16.6. The average Bonchev–Trinajstić information content (AvgIpc) is 3.30. The van der Waals surface area contributed by atoms with Gasteiger partial charge < -0.3 is 9.15 Å². The predicted octanol–water partition coefficient (Wildman–Crippen LogP) is 4.96. The van der Waals surface area contributed by atoms with Gasteiger partial charge in [-0.25, -0.2) is 9.79 Å². The number of nitro benzene ring substituents is 1. The highest BCUT2D eigenvalue weighted by molar-refractivity contribution is 9.10. The number of hydrogen-bond donors (Lipinski definition) is 0. The molecule has 0 fully saturated rings. The van der Waals surface area contributed by atoms with Gasteiger partial charge in [-0.1, -0.05) is 15.9 Å². The quantitative estimate of drug-likeness (QED) is 0.248. The molecule has 0 bridgehead atoms. The van der Waals surface area contributed by atoms with Crippen molar-refractivity contribution >= 4 is 39.6 Å². The number of non-ortho nitro benzene ring substituents is 1. The molecule has 8 heteroatoms. The van der Waals surface area contributed by atoms with E-state index in [-0.39, 0.29) is 17.3 Å². The summed E-state index contributed by atoms with van der Waals surface area (Å²) in [7, 11) is 0. The van der Waals surface area contributed by atoms with Crippen molar-refractivity contribution in [2.24, 2.45) is 4.99 Å². The SMILES string of the molecule is O=C1OC(c2ccc(Br)cc2)=N/C1=C\c1ccc(-c2ccc([N+](=O)[O-])cc2)o1. The van der Waals surface area contributed by atoms with Crippen molar-refractivity contribution in [1.82, 2.24) is 0 Å². The topological polar surface area (TPSA) is 94.9 Å². The van der Waals surface area contributed by atoms with Crippen LogP contribution in [0.2, 0.25) is 0 Å². The standard InChI is InChI=1S/C20H11BrN2O5/c21-14-5-1-13(2-6-14)19-22-17(20(24)28-19)11-16-9-10-18(27-16)12-3-7-15(8-4-12)23(25)26/h1-11H/b17-11-. The van der Waals surface area contributed by atoms with E-state index >= 15 is 0 Å². The zero-order valence-electron chi connectivity index (χ0n) is 14.2. The van der Waals surface area contributed by atoms with Crippen LogP contribution in [0.25, 0.3) is 17.4 Å². The second-order valence-electron chi connectivity index (χ2n) is 5.85. The first-order chi connectivity index (χ1) is 13.5. The van der Waals surface area contributed by atoms with Gasteiger partial charge in [0.25, 0.3) is 5.69 Å². The van der Waals surface area contributed by atoms with Gasteiger partial charge in [-0.15, -0.1) is 0 Å². The van der Waals surface area contributed by atoms with Crippen molar-refractivity contribution in [3.63, 3.8) is 0 Å². The van der Waals surface area contributed by atoms with E-state index < -0.39 is 10.9 Å². The number of furan rings is 1. The van der Waals surface area contributed by atoms with Crippen LogP contribution in [0.4, 0.5) is 5.69 Å². The Hall–Kier alpha value is -3.52. The highest BCUT2D eigenvalue weighted by atomic mass is 79.9. The third-order valence-corrected chi connectivity index (χ3v) is 4.51. The summed E-state index contributed by atoms with van der Waals surface area (Å²) in [5, 5.41) is 10.7. The number of aliphatic imine (C=N–C) groups is 1. The second-order valence-corrected chi connectivity index (χ2v) is 6.76. The van der Waals surface area contributed by atoms with Gasteiger partial charge in [-0.3, -0.25) is 10.1 Å². The monoisotopic (exact) mass is 438 g/mol. The molecule has 0 N–H and O–H groups in total. The molecule has 0 saturated carbocycles. The Morgan fingerprint density at radius 1 is 0.964 bits per heavy atom. The smallest absolute Gasteiger partial charge is 0.363 e. The molecule has 2 heterocycles. The van der Waals surface area contributed by atoms with Gasteiger partial charge in [0.15, 0.2) is 5.70 Å². The van der Waals surface area contributed by atoms with Crippen molar-refractivity contribution < 1.29 is 18.9 Å². The van der Waals surface area contributed by atoms with Crippen LogP contribution in [-0.2, 0) is 9.53 Å². The van der Waals surface area contributed by atoms with Gasteiger partial charge in [0, 0.05) is 33.8 Å². The number of nitro groups is 1. The summed E-state index contributed by atoms with van der Waals surface area (Å²) >= 11 is 3.35. The number of cyclic esters (lactones) is 1. The minimum Gasteiger partial charge on any atom is -0.457 e. The van der Waals surface area contributed by atoms with Crippen molar-refractivity contribution in [3.05, 3.63) is 92.3 Å². The number of carbonyl (C=O) groups is 1. The van der Waals surface area contributed by atoms with E-state index in [1.165, 1.54) is 18.2 Å². The number of esters is 1. The molecule has 1 aliphatic heterocycles. The minimum atomic E-state index is -0.564. The fourth-order valence-corrected chi connectivity index (χ4v) is 2.86. The molecule has 0 amide bonds. The van der Waals surface area contributed by atoms with E-state index in [1.807, 2.05) is 12.1 Å². The molecule has 0 saturated heterocycles. The normalized spacial score (nSPS) is 14.8. The first kappa shape index (κ1) is 17.9. The summed E-state index contributed by atoms with van der Waals surface area (Å²) in [6.45, 7) is 0. The molecule has 0 unspecified atom stereocenters. The summed E-state index contributed by atoms with van der Waals surface area (Å²) < 4.78 is 11.8. The highest BCUT2D eigenvalue weighted by Gasteiger charge is 2.24. The lowest BCUT2D eigenvalue weighted by Crippen LogP contribution is -2.05. The fraction of sp³-hybridized carbons (Fsp3) is 0. The first-order valence-electron chi connectivity index (χ1n) is 8.13. The van der Waals surface area contributed by atoms with E-state index in [1.54, 1.807) is 36.4 Å². The zero-order chi connectivity index (χ0) is 19.7. The van der Waals surface area contributed by atoms with Crippen LogP contribution in [0.1, 0.15) is 11.3 Å². The molecule has 0 spiro atoms. The molecule has 0 atom stereocenters. The molecule has 2 aromatic carbocycles.